The van der Waals surface area contributed by atoms with Crippen LogP contribution in [0.15, 0.2) is 4.99 Å². The van der Waals surface area contributed by atoms with E-state index in [-0.39, 0.29) is 11.8 Å². The second-order valence-electron chi connectivity index (χ2n) is 4.80. The van der Waals surface area contributed by atoms with Crippen LogP contribution in [0.1, 0.15) is 45.4 Å². The molecule has 2 amide bonds. The first-order valence-corrected chi connectivity index (χ1v) is 10.8. The highest BCUT2D eigenvalue weighted by molar-refractivity contribution is 8.39. The largest absolute Gasteiger partial charge is 0.311 e. The third-order valence-corrected chi connectivity index (χ3v) is 6.33. The first kappa shape index (κ1) is 20.0. The molecule has 0 aliphatic carbocycles. The zero-order valence-corrected chi connectivity index (χ0v) is 16.0. The number of unbranched alkanes of at least 4 members (excludes halogenated alkanes) is 5. The Morgan fingerprint density at radius 1 is 1.14 bits per heavy atom. The fourth-order valence-corrected chi connectivity index (χ4v) is 4.46. The van der Waals surface area contributed by atoms with Crippen molar-refractivity contribution >= 4 is 68.0 Å². The summed E-state index contributed by atoms with van der Waals surface area (Å²) in [6, 6.07) is 0. The molecule has 0 radical (unpaired) electrons. The van der Waals surface area contributed by atoms with Crippen molar-refractivity contribution in [1.82, 2.24) is 5.32 Å². The Morgan fingerprint density at radius 2 is 1.86 bits per heavy atom. The van der Waals surface area contributed by atoms with Crippen LogP contribution in [0.25, 0.3) is 0 Å². The predicted octanol–water partition coefficient (Wildman–Crippen LogP) is 3.84. The van der Waals surface area contributed by atoms with Gasteiger partial charge in [0.25, 0.3) is 5.91 Å². The molecule has 2 aliphatic rings. The summed E-state index contributed by atoms with van der Waals surface area (Å²) in [5, 5.41) is 2.47. The monoisotopic (exact) mass is 378 g/mol. The molecule has 2 heterocycles. The molecule has 0 aromatic heterocycles. The molecule has 1 fully saturated rings. The van der Waals surface area contributed by atoms with Crippen LogP contribution in [0.4, 0.5) is 0 Å². The minimum atomic E-state index is 0.0231. The zero-order valence-electron chi connectivity index (χ0n) is 12.8. The van der Waals surface area contributed by atoms with E-state index in [4.69, 9.17) is 0 Å². The Kier molecular flexibility index (Phi) is 11.3. The van der Waals surface area contributed by atoms with Gasteiger partial charge in [0.05, 0.1) is 11.5 Å². The van der Waals surface area contributed by atoms with Crippen molar-refractivity contribution in [3.8, 4) is 0 Å². The SMILES string of the molecule is CCCCCCCCSC1=NC(=O)CS1.O=C1CSC(=S)N1. The molecule has 0 aromatic carbocycles. The summed E-state index contributed by atoms with van der Waals surface area (Å²) in [6.45, 7) is 2.24. The Morgan fingerprint density at radius 3 is 2.36 bits per heavy atom. The van der Waals surface area contributed by atoms with Crippen LogP contribution >= 0.6 is 47.5 Å². The Balaban J connectivity index is 0.000000287. The maximum atomic E-state index is 10.8. The number of nitrogens with one attached hydrogen (secondary N) is 1. The van der Waals surface area contributed by atoms with Crippen LogP contribution in [0, 0.1) is 0 Å². The number of carbonyl (C=O) groups excluding carboxylic acids is 2. The van der Waals surface area contributed by atoms with Gasteiger partial charge >= 0.3 is 0 Å². The van der Waals surface area contributed by atoms with Crippen molar-refractivity contribution in [2.24, 2.45) is 4.99 Å². The van der Waals surface area contributed by atoms with Gasteiger partial charge in [0.15, 0.2) is 0 Å². The van der Waals surface area contributed by atoms with Crippen molar-refractivity contribution < 1.29 is 9.59 Å². The minimum absolute atomic E-state index is 0.0231. The van der Waals surface area contributed by atoms with E-state index in [2.05, 4.69) is 29.5 Å². The summed E-state index contributed by atoms with van der Waals surface area (Å²) in [5.41, 5.74) is 0. The molecule has 124 valence electrons. The molecule has 0 atom stereocenters. The number of hydrogen-bond donors (Lipinski definition) is 1. The third kappa shape index (κ3) is 9.86. The van der Waals surface area contributed by atoms with Gasteiger partial charge in [-0.3, -0.25) is 9.59 Å². The molecular weight excluding hydrogens is 356 g/mol. The fourth-order valence-electron chi connectivity index (χ4n) is 1.72. The fraction of sp³-hybridized carbons (Fsp3) is 0.714. The summed E-state index contributed by atoms with van der Waals surface area (Å²) < 4.78 is 1.58. The van der Waals surface area contributed by atoms with Crippen LogP contribution in [-0.4, -0.2) is 37.8 Å². The minimum Gasteiger partial charge on any atom is -0.311 e. The van der Waals surface area contributed by atoms with Gasteiger partial charge in [0.2, 0.25) is 5.91 Å². The molecule has 1 N–H and O–H groups in total. The maximum Gasteiger partial charge on any atom is 0.257 e. The van der Waals surface area contributed by atoms with Crippen LogP contribution in [-0.2, 0) is 9.59 Å². The molecule has 4 nitrogen and oxygen atoms in total. The highest BCUT2D eigenvalue weighted by Gasteiger charge is 2.14. The van der Waals surface area contributed by atoms with Crippen LogP contribution < -0.4 is 5.32 Å². The Bertz CT molecular complexity index is 413. The van der Waals surface area contributed by atoms with E-state index >= 15 is 0 Å². The van der Waals surface area contributed by atoms with Crippen molar-refractivity contribution in [3.63, 3.8) is 0 Å². The van der Waals surface area contributed by atoms with Crippen molar-refractivity contribution in [3.05, 3.63) is 0 Å². The van der Waals surface area contributed by atoms with Crippen molar-refractivity contribution in [1.29, 1.82) is 0 Å². The van der Waals surface area contributed by atoms with Crippen LogP contribution in [0.5, 0.6) is 0 Å². The maximum absolute atomic E-state index is 10.8. The van der Waals surface area contributed by atoms with Gasteiger partial charge < -0.3 is 5.32 Å². The summed E-state index contributed by atoms with van der Waals surface area (Å²) in [7, 11) is 0. The number of thioether (sulfide) groups is 3. The lowest BCUT2D eigenvalue weighted by Gasteiger charge is -2.00. The van der Waals surface area contributed by atoms with Crippen LogP contribution in [0.3, 0.4) is 0 Å². The predicted molar refractivity (Wildman–Crippen MR) is 104 cm³/mol. The quantitative estimate of drug-likeness (QED) is 0.536. The lowest BCUT2D eigenvalue weighted by molar-refractivity contribution is -0.117. The number of amides is 2. The van der Waals surface area contributed by atoms with Crippen LogP contribution in [0.2, 0.25) is 0 Å². The number of nitrogens with zero attached hydrogens (tertiary/aromatic N) is 1. The molecule has 2 rings (SSSR count). The van der Waals surface area contributed by atoms with Gasteiger partial charge in [-0.2, -0.15) is 4.99 Å². The summed E-state index contributed by atoms with van der Waals surface area (Å²) in [4.78, 5) is 25.0. The number of thiocarbonyl (C=S) groups is 1. The number of aliphatic imine (C=N–C) groups is 1. The van der Waals surface area contributed by atoms with Gasteiger partial charge in [-0.15, -0.1) is 0 Å². The first-order valence-electron chi connectivity index (χ1n) is 7.45. The second kappa shape index (κ2) is 12.4. The standard InChI is InChI=1S/C11H19NOS2.C3H3NOS2/c1-2-3-4-5-6-7-8-14-11-12-10(13)9-15-11;5-2-1-7-3(6)4-2/h2-9H2,1H3;1H2,(H,4,5,6). The van der Waals surface area contributed by atoms with E-state index in [0.29, 0.717) is 15.8 Å². The van der Waals surface area contributed by atoms with Gasteiger partial charge in [0, 0.05) is 5.75 Å². The van der Waals surface area contributed by atoms with E-state index in [1.807, 2.05) is 0 Å². The zero-order chi connectivity index (χ0) is 16.2. The molecule has 22 heavy (non-hydrogen) atoms. The average Bonchev–Trinajstić information content (AvgIpc) is 3.07. The number of carbonyl (C=O) groups is 2. The highest BCUT2D eigenvalue weighted by Crippen LogP contribution is 2.23. The molecular formula is C14H22N2O2S4. The first-order chi connectivity index (χ1) is 10.6. The summed E-state index contributed by atoms with van der Waals surface area (Å²) in [6.07, 6.45) is 7.97. The van der Waals surface area contributed by atoms with Crippen molar-refractivity contribution in [2.75, 3.05) is 17.3 Å². The molecule has 8 heteroatoms. The molecule has 0 saturated carbocycles. The van der Waals surface area contributed by atoms with Gasteiger partial charge in [-0.25, -0.2) is 0 Å². The lowest BCUT2D eigenvalue weighted by Crippen LogP contribution is -2.18. The van der Waals surface area contributed by atoms with Gasteiger partial charge in [-0.05, 0) is 6.42 Å². The third-order valence-electron chi connectivity index (χ3n) is 2.83. The number of rotatable bonds is 7. The smallest absolute Gasteiger partial charge is 0.257 e. The highest BCUT2D eigenvalue weighted by atomic mass is 32.2. The Labute approximate surface area is 150 Å². The van der Waals surface area contributed by atoms with E-state index in [0.717, 1.165) is 10.1 Å². The number of hydrogen-bond acceptors (Lipinski definition) is 6. The Hall–Kier alpha value is -0.0500. The molecule has 0 unspecified atom stereocenters. The molecule has 1 saturated heterocycles. The topological polar surface area (TPSA) is 58.5 Å². The molecule has 0 spiro atoms. The van der Waals surface area contributed by atoms with Gasteiger partial charge in [-0.1, -0.05) is 86.5 Å². The van der Waals surface area contributed by atoms with E-state index in [9.17, 15) is 9.59 Å². The molecule has 0 aromatic rings. The lowest BCUT2D eigenvalue weighted by atomic mass is 10.1. The van der Waals surface area contributed by atoms with E-state index in [1.54, 1.807) is 23.5 Å². The molecule has 2 aliphatic heterocycles. The average molecular weight is 379 g/mol. The molecule has 0 bridgehead atoms. The van der Waals surface area contributed by atoms with E-state index < -0.39 is 0 Å². The van der Waals surface area contributed by atoms with Crippen molar-refractivity contribution in [2.45, 2.75) is 45.4 Å². The summed E-state index contributed by atoms with van der Waals surface area (Å²) >= 11 is 9.33. The normalized spacial score (nSPS) is 17.1. The second-order valence-corrected chi connectivity index (χ2v) is 8.76. The van der Waals surface area contributed by atoms with E-state index in [1.165, 1.54) is 50.3 Å². The van der Waals surface area contributed by atoms with Gasteiger partial charge in [0.1, 0.15) is 8.70 Å². The summed E-state index contributed by atoms with van der Waals surface area (Å²) in [5.74, 6) is 2.23.